The molecule has 0 radical (unpaired) electrons. The Labute approximate surface area is 350 Å². The van der Waals surface area contributed by atoms with E-state index in [0.29, 0.717) is 25.8 Å². The van der Waals surface area contributed by atoms with Crippen LogP contribution in [0, 0.1) is 17.8 Å². The number of Topliss-reactive ketones (excluding diaryl/α,β-unsaturated/α-hetero) is 1. The predicted molar refractivity (Wildman–Crippen MR) is 218 cm³/mol. The number of ether oxygens (including phenoxy) is 5. The first-order valence-electron chi connectivity index (χ1n) is 20.5. The molecule has 15 nitrogen and oxygen atoms in total. The van der Waals surface area contributed by atoms with Crippen LogP contribution in [0.5, 0.6) is 0 Å². The Morgan fingerprint density at radius 1 is 1.08 bits per heavy atom. The monoisotopic (exact) mass is 844 g/mol. The van der Waals surface area contributed by atoms with Gasteiger partial charge in [-0.15, -0.1) is 11.3 Å². The molecule has 2 aromatic heterocycles. The van der Waals surface area contributed by atoms with Crippen molar-refractivity contribution in [1.82, 2.24) is 24.9 Å². The minimum absolute atomic E-state index is 0.135. The number of aliphatic imine (C=N–C) groups is 1. The number of hydrazine groups is 1. The number of aryl methyl sites for hydroxylation is 1. The number of methoxy groups -OCH3 is 1. The van der Waals surface area contributed by atoms with Crippen LogP contribution in [0.4, 0.5) is 9.18 Å². The Bertz CT molecular complexity index is 1870. The SMILES string of the molecule is CO[C@@]1(C)C[C@@H](C)C2=NCN(CCCc3cnc(-c4cccnc4)s3)N3C(=O)O[C@](C)([C@H](C)OC(=O)C(C)(F)C(=O)[C@H](C)[C@H]1O[C@@H]1O[C@H](C)C[C@H](N(C)C)[C@H]1O)[C@H]3[C@@H]2C. The fourth-order valence-corrected chi connectivity index (χ4v) is 10.4. The molecule has 1 unspecified atom stereocenters. The molecule has 17 heteroatoms. The number of likely N-dealkylation sites (N-methyl/N-ethyl adjacent to an activating group) is 1. The Kier molecular flexibility index (Phi) is 13.4. The van der Waals surface area contributed by atoms with E-state index in [2.05, 4.69) is 9.97 Å². The highest BCUT2D eigenvalue weighted by Crippen LogP contribution is 2.45. The Morgan fingerprint density at radius 2 is 1.81 bits per heavy atom. The number of aliphatic hydroxyl groups is 1. The fraction of sp³-hybridized carbons (Fsp3) is 0.714. The number of rotatable bonds is 9. The summed E-state index contributed by atoms with van der Waals surface area (Å²) in [5.74, 6) is -4.58. The van der Waals surface area contributed by atoms with Crippen LogP contribution in [0.1, 0.15) is 79.5 Å². The van der Waals surface area contributed by atoms with Gasteiger partial charge >= 0.3 is 12.1 Å². The number of amides is 1. The molecule has 1 N–H and O–H groups in total. The molecule has 13 atom stereocenters. The number of halogens is 1. The summed E-state index contributed by atoms with van der Waals surface area (Å²) in [5, 5.41) is 15.8. The van der Waals surface area contributed by atoms with Gasteiger partial charge in [-0.3, -0.25) is 14.8 Å². The normalized spacial score (nSPS) is 38.7. The number of aliphatic hydroxyl groups excluding tert-OH is 1. The number of hydrogen-bond donors (Lipinski definition) is 1. The van der Waals surface area contributed by atoms with Gasteiger partial charge in [-0.25, -0.2) is 24.0 Å². The maximum absolute atomic E-state index is 16.9. The van der Waals surface area contributed by atoms with Gasteiger partial charge in [0.25, 0.3) is 5.67 Å². The number of fused-ring (bicyclic) bond motifs is 1. The summed E-state index contributed by atoms with van der Waals surface area (Å²) in [4.78, 5) is 59.1. The minimum Gasteiger partial charge on any atom is -0.456 e. The van der Waals surface area contributed by atoms with Crippen LogP contribution in [-0.2, 0) is 39.7 Å². The van der Waals surface area contributed by atoms with Gasteiger partial charge in [-0.1, -0.05) is 20.8 Å². The summed E-state index contributed by atoms with van der Waals surface area (Å²) in [6.07, 6.45) is 1.84. The quantitative estimate of drug-likeness (QED) is 0.262. The van der Waals surface area contributed by atoms with Crippen LogP contribution >= 0.6 is 11.3 Å². The summed E-state index contributed by atoms with van der Waals surface area (Å²) in [7, 11) is 5.19. The summed E-state index contributed by atoms with van der Waals surface area (Å²) in [6, 6.07) is 2.78. The van der Waals surface area contributed by atoms with Crippen LogP contribution in [0.15, 0.2) is 35.7 Å². The number of esters is 1. The first-order chi connectivity index (χ1) is 27.7. The van der Waals surface area contributed by atoms with Gasteiger partial charge in [-0.05, 0) is 92.4 Å². The highest BCUT2D eigenvalue weighted by atomic mass is 32.1. The third kappa shape index (κ3) is 8.70. The molecular formula is C42H61FN6O9S. The zero-order valence-electron chi connectivity index (χ0n) is 36.1. The number of alkyl halides is 1. The number of carbonyl (C=O) groups excluding carboxylic acids is 3. The van der Waals surface area contributed by atoms with Gasteiger partial charge in [0.2, 0.25) is 0 Å². The number of hydrogen-bond acceptors (Lipinski definition) is 15. The minimum atomic E-state index is -3.13. The lowest BCUT2D eigenvalue weighted by atomic mass is 9.73. The Hall–Kier alpha value is -3.45. The van der Waals surface area contributed by atoms with E-state index in [1.165, 1.54) is 14.0 Å². The lowest BCUT2D eigenvalue weighted by molar-refractivity contribution is -0.295. The standard InChI is InChI=1S/C42H61FN6O9S/c1-23-19-40(6,54-11)35(57-37-32(50)30(47(9)10)18-24(2)55-37)26(4)34(51)41(7,43)38(52)56-27(5)42(8)33-25(3)31(23)46-22-48(49(33)39(53)58-42)17-13-15-29-21-45-36(59-29)28-14-12-16-44-20-28/h12,14,16,20-21,23-27,30,32-33,35,37,50H,13,15,17-19,22H2,1-11H3/t23-,24-,25-,26+,27+,30+,32-,33-,35-,37+,40+,41?,42-/m1/s1. The average Bonchev–Trinajstić information content (AvgIpc) is 3.73. The summed E-state index contributed by atoms with van der Waals surface area (Å²) < 4.78 is 47.8. The molecule has 6 heterocycles. The molecule has 6 rings (SSSR count). The zero-order valence-corrected chi connectivity index (χ0v) is 36.9. The van der Waals surface area contributed by atoms with E-state index >= 15 is 4.39 Å². The molecule has 2 aromatic rings. The summed E-state index contributed by atoms with van der Waals surface area (Å²) >= 11 is 1.59. The van der Waals surface area contributed by atoms with Crippen LogP contribution in [0.2, 0.25) is 0 Å². The second-order valence-electron chi connectivity index (χ2n) is 17.5. The Balaban J connectivity index is 1.36. The van der Waals surface area contributed by atoms with E-state index in [-0.39, 0.29) is 31.2 Å². The van der Waals surface area contributed by atoms with Crippen molar-refractivity contribution < 1.29 is 47.6 Å². The van der Waals surface area contributed by atoms with Gasteiger partial charge in [0, 0.05) is 66.3 Å². The molecule has 3 fully saturated rings. The molecule has 59 heavy (non-hydrogen) atoms. The summed E-state index contributed by atoms with van der Waals surface area (Å²) in [5.41, 5.74) is -4.21. The van der Waals surface area contributed by atoms with Gasteiger partial charge in [0.15, 0.2) is 17.7 Å². The van der Waals surface area contributed by atoms with Crippen molar-refractivity contribution in [1.29, 1.82) is 0 Å². The third-order valence-electron chi connectivity index (χ3n) is 13.0. The van der Waals surface area contributed by atoms with Crippen LogP contribution in [0.3, 0.4) is 0 Å². The summed E-state index contributed by atoms with van der Waals surface area (Å²) in [6.45, 7) is 13.8. The van der Waals surface area contributed by atoms with E-state index in [1.807, 2.05) is 63.1 Å². The molecular weight excluding hydrogens is 784 g/mol. The number of nitrogens with zero attached hydrogens (tertiary/aromatic N) is 6. The third-order valence-corrected chi connectivity index (χ3v) is 14.1. The first-order valence-corrected chi connectivity index (χ1v) is 21.4. The van der Waals surface area contributed by atoms with Crippen LogP contribution in [0.25, 0.3) is 10.6 Å². The lowest BCUT2D eigenvalue weighted by Gasteiger charge is -2.47. The van der Waals surface area contributed by atoms with Crippen molar-refractivity contribution in [3.8, 4) is 10.6 Å². The van der Waals surface area contributed by atoms with E-state index in [9.17, 15) is 19.5 Å². The highest BCUT2D eigenvalue weighted by molar-refractivity contribution is 7.15. The molecule has 1 amide bonds. The van der Waals surface area contributed by atoms with E-state index in [0.717, 1.165) is 28.1 Å². The van der Waals surface area contributed by atoms with Crippen LogP contribution < -0.4 is 0 Å². The molecule has 0 aromatic carbocycles. The van der Waals surface area contributed by atoms with Crippen molar-refractivity contribution in [2.24, 2.45) is 22.7 Å². The van der Waals surface area contributed by atoms with Gasteiger partial charge in [-0.2, -0.15) is 5.01 Å². The number of pyridine rings is 1. The number of cyclic esters (lactones) is 1. The van der Waals surface area contributed by atoms with E-state index in [4.69, 9.17) is 28.7 Å². The maximum atomic E-state index is 16.9. The highest BCUT2D eigenvalue weighted by Gasteiger charge is 2.62. The number of ketones is 1. The average molecular weight is 845 g/mol. The van der Waals surface area contributed by atoms with E-state index < -0.39 is 77.2 Å². The Morgan fingerprint density at radius 3 is 2.47 bits per heavy atom. The smallest absolute Gasteiger partial charge is 0.425 e. The van der Waals surface area contributed by atoms with Gasteiger partial charge in [0.05, 0.1) is 17.8 Å². The second-order valence-corrected chi connectivity index (χ2v) is 18.6. The van der Waals surface area contributed by atoms with Crippen molar-refractivity contribution in [2.75, 3.05) is 34.4 Å². The number of thiazole rings is 1. The molecule has 0 saturated carbocycles. The van der Waals surface area contributed by atoms with Crippen molar-refractivity contribution >= 4 is 34.9 Å². The molecule has 0 spiro atoms. The topological polar surface area (TPSA) is 165 Å². The van der Waals surface area contributed by atoms with Gasteiger partial charge < -0.3 is 33.7 Å². The van der Waals surface area contributed by atoms with E-state index in [1.54, 1.807) is 49.5 Å². The predicted octanol–water partition coefficient (Wildman–Crippen LogP) is 5.10. The maximum Gasteiger partial charge on any atom is 0.425 e. The number of carbonyl (C=O) groups is 3. The zero-order chi connectivity index (χ0) is 43.2. The van der Waals surface area contributed by atoms with Crippen molar-refractivity contribution in [2.45, 2.75) is 141 Å². The fourth-order valence-electron chi connectivity index (χ4n) is 9.45. The molecule has 4 aliphatic heterocycles. The van der Waals surface area contributed by atoms with Crippen LogP contribution in [-0.4, -0.2) is 148 Å². The molecule has 0 aliphatic carbocycles. The molecule has 3 saturated heterocycles. The first kappa shape index (κ1) is 45.1. The second kappa shape index (κ2) is 17.5. The van der Waals surface area contributed by atoms with Gasteiger partial charge in [0.1, 0.15) is 29.9 Å². The van der Waals surface area contributed by atoms with Crippen molar-refractivity contribution in [3.05, 3.63) is 35.6 Å². The van der Waals surface area contributed by atoms with Crippen molar-refractivity contribution in [3.63, 3.8) is 0 Å². The largest absolute Gasteiger partial charge is 0.456 e. The lowest BCUT2D eigenvalue weighted by Crippen LogP contribution is -2.62. The molecule has 4 aliphatic rings. The number of aromatic nitrogens is 2. The molecule has 2 bridgehead atoms. The molecule has 326 valence electrons.